The molecule has 3 rings (SSSR count). The Morgan fingerprint density at radius 3 is 2.57 bits per heavy atom. The summed E-state index contributed by atoms with van der Waals surface area (Å²) in [5, 5.41) is 2.77. The first-order valence-corrected chi connectivity index (χ1v) is 12.4. The molecule has 2 aromatic rings. The number of amides is 2. The Balaban J connectivity index is 1.40. The number of morpholine rings is 1. The first-order chi connectivity index (χ1) is 16.7. The molecule has 1 saturated heterocycles. The topological polar surface area (TPSA) is 77.1 Å². The molecular weight excluding hydrogens is 444 g/mol. The highest BCUT2D eigenvalue weighted by atomic mass is 16.6. The van der Waals surface area contributed by atoms with E-state index < -0.39 is 5.60 Å². The molecule has 1 unspecified atom stereocenters. The van der Waals surface area contributed by atoms with Crippen molar-refractivity contribution in [3.63, 3.8) is 0 Å². The SMILES string of the molecule is Cc1cc(OCCCCCNC(=O)OC(C)(C)C)ccc1C(=O)N1CCOC(c2ccccc2)C1. The van der Waals surface area contributed by atoms with Crippen LogP contribution in [0.1, 0.15) is 67.6 Å². The zero-order chi connectivity index (χ0) is 25.3. The predicted molar refractivity (Wildman–Crippen MR) is 136 cm³/mol. The summed E-state index contributed by atoms with van der Waals surface area (Å²) < 4.78 is 17.0. The lowest BCUT2D eigenvalue weighted by atomic mass is 10.0. The molecule has 1 N–H and O–H groups in total. The van der Waals surface area contributed by atoms with E-state index in [9.17, 15) is 9.59 Å². The van der Waals surface area contributed by atoms with Gasteiger partial charge in [-0.1, -0.05) is 30.3 Å². The zero-order valence-corrected chi connectivity index (χ0v) is 21.3. The summed E-state index contributed by atoms with van der Waals surface area (Å²) in [5.74, 6) is 0.783. The number of rotatable bonds is 9. The second-order valence-electron chi connectivity index (χ2n) is 9.84. The van der Waals surface area contributed by atoms with Crippen LogP contribution in [0, 0.1) is 6.92 Å². The number of ether oxygens (including phenoxy) is 3. The van der Waals surface area contributed by atoms with E-state index in [1.165, 1.54) is 0 Å². The first-order valence-electron chi connectivity index (χ1n) is 12.4. The van der Waals surface area contributed by atoms with Crippen molar-refractivity contribution in [1.82, 2.24) is 10.2 Å². The number of carbonyl (C=O) groups is 2. The maximum absolute atomic E-state index is 13.2. The van der Waals surface area contributed by atoms with Gasteiger partial charge in [0.2, 0.25) is 0 Å². The fourth-order valence-electron chi connectivity index (χ4n) is 3.94. The maximum atomic E-state index is 13.2. The van der Waals surface area contributed by atoms with Gasteiger partial charge in [-0.05, 0) is 76.3 Å². The highest BCUT2D eigenvalue weighted by Crippen LogP contribution is 2.25. The number of alkyl carbamates (subject to hydrolysis) is 1. The standard InChI is InChI=1S/C28H38N2O5/c1-21-19-23(33-17-10-6-9-15-29-27(32)35-28(2,3)4)13-14-24(21)26(31)30-16-18-34-25(20-30)22-11-7-5-8-12-22/h5,7-8,11-14,19,25H,6,9-10,15-18,20H2,1-4H3,(H,29,32). The van der Waals surface area contributed by atoms with Gasteiger partial charge in [0, 0.05) is 18.7 Å². The molecule has 1 aliphatic heterocycles. The fraction of sp³-hybridized carbons (Fsp3) is 0.500. The molecule has 35 heavy (non-hydrogen) atoms. The molecule has 0 bridgehead atoms. The molecule has 1 aliphatic rings. The molecule has 0 radical (unpaired) electrons. The van der Waals surface area contributed by atoms with E-state index in [0.717, 1.165) is 36.1 Å². The van der Waals surface area contributed by atoms with E-state index in [-0.39, 0.29) is 18.1 Å². The monoisotopic (exact) mass is 482 g/mol. The Bertz CT molecular complexity index is 971. The van der Waals surface area contributed by atoms with E-state index in [4.69, 9.17) is 14.2 Å². The Morgan fingerprint density at radius 1 is 1.09 bits per heavy atom. The van der Waals surface area contributed by atoms with Crippen LogP contribution >= 0.6 is 0 Å². The largest absolute Gasteiger partial charge is 0.494 e. The van der Waals surface area contributed by atoms with Crippen molar-refractivity contribution < 1.29 is 23.8 Å². The van der Waals surface area contributed by atoms with Crippen LogP contribution in [0.2, 0.25) is 0 Å². The molecule has 1 heterocycles. The molecule has 7 nitrogen and oxygen atoms in total. The molecule has 1 fully saturated rings. The summed E-state index contributed by atoms with van der Waals surface area (Å²) in [6.07, 6.45) is 2.19. The minimum absolute atomic E-state index is 0.0239. The van der Waals surface area contributed by atoms with E-state index in [1.54, 1.807) is 0 Å². The van der Waals surface area contributed by atoms with Crippen LogP contribution in [-0.4, -0.2) is 55.3 Å². The van der Waals surface area contributed by atoms with Crippen LogP contribution in [0.4, 0.5) is 4.79 Å². The molecule has 2 aromatic carbocycles. The summed E-state index contributed by atoms with van der Waals surface area (Å²) in [6.45, 7) is 10.3. The van der Waals surface area contributed by atoms with Crippen LogP contribution < -0.4 is 10.1 Å². The third-order valence-electron chi connectivity index (χ3n) is 5.71. The molecule has 0 aromatic heterocycles. The number of hydrogen-bond acceptors (Lipinski definition) is 5. The molecule has 190 valence electrons. The van der Waals surface area contributed by atoms with Gasteiger partial charge in [-0.2, -0.15) is 0 Å². The molecular formula is C28H38N2O5. The Labute approximate surface area is 208 Å². The summed E-state index contributed by atoms with van der Waals surface area (Å²) >= 11 is 0. The third kappa shape index (κ3) is 8.58. The van der Waals surface area contributed by atoms with Gasteiger partial charge in [-0.3, -0.25) is 4.79 Å². The van der Waals surface area contributed by atoms with Crippen LogP contribution in [-0.2, 0) is 9.47 Å². The fourth-order valence-corrected chi connectivity index (χ4v) is 3.94. The first kappa shape index (κ1) is 26.5. The molecule has 0 saturated carbocycles. The minimum Gasteiger partial charge on any atom is -0.494 e. The number of hydrogen-bond donors (Lipinski definition) is 1. The van der Waals surface area contributed by atoms with Crippen molar-refractivity contribution in [2.24, 2.45) is 0 Å². The van der Waals surface area contributed by atoms with Gasteiger partial charge < -0.3 is 24.4 Å². The molecule has 1 atom stereocenters. The van der Waals surface area contributed by atoms with Crippen LogP contribution in [0.25, 0.3) is 0 Å². The van der Waals surface area contributed by atoms with Crippen molar-refractivity contribution in [2.75, 3.05) is 32.8 Å². The van der Waals surface area contributed by atoms with Crippen molar-refractivity contribution in [1.29, 1.82) is 0 Å². The second kappa shape index (κ2) is 12.6. The van der Waals surface area contributed by atoms with Gasteiger partial charge >= 0.3 is 6.09 Å². The van der Waals surface area contributed by atoms with Gasteiger partial charge in [-0.15, -0.1) is 0 Å². The van der Waals surface area contributed by atoms with Gasteiger partial charge in [0.25, 0.3) is 5.91 Å². The van der Waals surface area contributed by atoms with Crippen LogP contribution in [0.15, 0.2) is 48.5 Å². The van der Waals surface area contributed by atoms with Crippen molar-refractivity contribution in [3.8, 4) is 5.75 Å². The lowest BCUT2D eigenvalue weighted by molar-refractivity contribution is -0.0228. The predicted octanol–water partition coefficient (Wildman–Crippen LogP) is 5.28. The molecule has 0 spiro atoms. The average molecular weight is 483 g/mol. The number of unbranched alkanes of at least 4 members (excludes halogenated alkanes) is 2. The Kier molecular flexibility index (Phi) is 9.55. The Hall–Kier alpha value is -3.06. The lowest BCUT2D eigenvalue weighted by Gasteiger charge is -2.33. The summed E-state index contributed by atoms with van der Waals surface area (Å²) in [5.41, 5.74) is 2.20. The highest BCUT2D eigenvalue weighted by Gasteiger charge is 2.27. The average Bonchev–Trinajstić information content (AvgIpc) is 2.82. The second-order valence-corrected chi connectivity index (χ2v) is 9.84. The number of benzene rings is 2. The lowest BCUT2D eigenvalue weighted by Crippen LogP contribution is -2.42. The summed E-state index contributed by atoms with van der Waals surface area (Å²) in [7, 11) is 0. The van der Waals surface area contributed by atoms with Gasteiger partial charge in [0.15, 0.2) is 0 Å². The van der Waals surface area contributed by atoms with E-state index >= 15 is 0 Å². The normalized spacial score (nSPS) is 16.0. The van der Waals surface area contributed by atoms with Gasteiger partial charge in [-0.25, -0.2) is 4.79 Å². The molecule has 2 amide bonds. The van der Waals surface area contributed by atoms with Crippen LogP contribution in [0.3, 0.4) is 0 Å². The zero-order valence-electron chi connectivity index (χ0n) is 21.3. The Morgan fingerprint density at radius 2 is 1.86 bits per heavy atom. The summed E-state index contributed by atoms with van der Waals surface area (Å²) in [4.78, 5) is 26.7. The van der Waals surface area contributed by atoms with Crippen molar-refractivity contribution in [3.05, 3.63) is 65.2 Å². The minimum atomic E-state index is -0.483. The highest BCUT2D eigenvalue weighted by molar-refractivity contribution is 5.96. The van der Waals surface area contributed by atoms with Gasteiger partial charge in [0.1, 0.15) is 17.5 Å². The van der Waals surface area contributed by atoms with Crippen LogP contribution in [0.5, 0.6) is 5.75 Å². The van der Waals surface area contributed by atoms with Crippen molar-refractivity contribution >= 4 is 12.0 Å². The third-order valence-corrected chi connectivity index (χ3v) is 5.71. The number of nitrogens with one attached hydrogen (secondary N) is 1. The van der Waals surface area contributed by atoms with E-state index in [2.05, 4.69) is 5.32 Å². The molecule has 7 heteroatoms. The number of aryl methyl sites for hydroxylation is 1. The van der Waals surface area contributed by atoms with Gasteiger partial charge in [0.05, 0.1) is 19.8 Å². The smallest absolute Gasteiger partial charge is 0.407 e. The van der Waals surface area contributed by atoms with E-state index in [1.807, 2.05) is 81.1 Å². The number of carbonyl (C=O) groups excluding carboxylic acids is 2. The number of nitrogens with zero attached hydrogens (tertiary/aromatic N) is 1. The van der Waals surface area contributed by atoms with Crippen molar-refractivity contribution in [2.45, 2.75) is 58.7 Å². The van der Waals surface area contributed by atoms with E-state index in [0.29, 0.717) is 38.4 Å². The summed E-state index contributed by atoms with van der Waals surface area (Å²) in [6, 6.07) is 15.7. The molecule has 0 aliphatic carbocycles. The quantitative estimate of drug-likeness (QED) is 0.492. The maximum Gasteiger partial charge on any atom is 0.407 e.